The summed E-state index contributed by atoms with van der Waals surface area (Å²) >= 11 is 3.28. The van der Waals surface area contributed by atoms with E-state index in [1.54, 1.807) is 12.1 Å². The molecular formula is C13H13BrO3. The Morgan fingerprint density at radius 2 is 1.82 bits per heavy atom. The van der Waals surface area contributed by atoms with Crippen molar-refractivity contribution in [3.05, 3.63) is 41.5 Å². The number of rotatable bonds is 6. The summed E-state index contributed by atoms with van der Waals surface area (Å²) < 4.78 is 0. The normalized spacial score (nSPS) is 10.6. The third-order valence-electron chi connectivity index (χ3n) is 2.20. The minimum atomic E-state index is -0.949. The molecule has 0 bridgehead atoms. The van der Waals surface area contributed by atoms with Crippen molar-refractivity contribution in [2.45, 2.75) is 12.8 Å². The maximum Gasteiger partial charge on any atom is 0.303 e. The SMILES string of the molecule is O=C(O)CCC(=O)c1ccc(C=CCBr)cc1. The third kappa shape index (κ3) is 4.95. The van der Waals surface area contributed by atoms with Crippen molar-refractivity contribution in [1.82, 2.24) is 0 Å². The Labute approximate surface area is 108 Å². The Morgan fingerprint density at radius 1 is 1.18 bits per heavy atom. The van der Waals surface area contributed by atoms with Crippen LogP contribution in [0.4, 0.5) is 0 Å². The van der Waals surface area contributed by atoms with Gasteiger partial charge in [-0.15, -0.1) is 0 Å². The van der Waals surface area contributed by atoms with Gasteiger partial charge >= 0.3 is 5.97 Å². The molecule has 1 rings (SSSR count). The maximum absolute atomic E-state index is 11.6. The monoisotopic (exact) mass is 296 g/mol. The number of Topliss-reactive ketones (excluding diaryl/α,β-unsaturated/α-hetero) is 1. The predicted molar refractivity (Wildman–Crippen MR) is 70.5 cm³/mol. The number of aliphatic carboxylic acids is 1. The van der Waals surface area contributed by atoms with Crippen molar-refractivity contribution in [2.75, 3.05) is 5.33 Å². The fourth-order valence-corrected chi connectivity index (χ4v) is 1.51. The van der Waals surface area contributed by atoms with E-state index in [9.17, 15) is 9.59 Å². The van der Waals surface area contributed by atoms with Crippen LogP contribution >= 0.6 is 15.9 Å². The van der Waals surface area contributed by atoms with Crippen LogP contribution in [0.25, 0.3) is 6.08 Å². The Hall–Kier alpha value is -1.42. The third-order valence-corrected chi connectivity index (χ3v) is 2.57. The van der Waals surface area contributed by atoms with Crippen LogP contribution in [-0.2, 0) is 4.79 Å². The Morgan fingerprint density at radius 3 is 2.35 bits per heavy atom. The summed E-state index contributed by atoms with van der Waals surface area (Å²) in [5.74, 6) is -1.08. The molecule has 90 valence electrons. The summed E-state index contributed by atoms with van der Waals surface area (Å²) in [7, 11) is 0. The fourth-order valence-electron chi connectivity index (χ4n) is 1.33. The maximum atomic E-state index is 11.6. The zero-order valence-corrected chi connectivity index (χ0v) is 10.8. The van der Waals surface area contributed by atoms with Crippen molar-refractivity contribution in [3.8, 4) is 0 Å². The molecule has 1 aromatic rings. The van der Waals surface area contributed by atoms with E-state index < -0.39 is 5.97 Å². The lowest BCUT2D eigenvalue weighted by Gasteiger charge is -2.00. The van der Waals surface area contributed by atoms with Gasteiger partial charge in [-0.05, 0) is 5.56 Å². The molecule has 17 heavy (non-hydrogen) atoms. The van der Waals surface area contributed by atoms with E-state index in [2.05, 4.69) is 15.9 Å². The molecule has 0 saturated carbocycles. The zero-order valence-electron chi connectivity index (χ0n) is 9.23. The molecule has 0 atom stereocenters. The molecule has 0 aliphatic heterocycles. The second kappa shape index (κ2) is 7.01. The number of alkyl halides is 1. The summed E-state index contributed by atoms with van der Waals surface area (Å²) in [4.78, 5) is 21.9. The van der Waals surface area contributed by atoms with Crippen LogP contribution < -0.4 is 0 Å². The Kier molecular flexibility index (Phi) is 5.63. The highest BCUT2D eigenvalue weighted by Gasteiger charge is 2.07. The van der Waals surface area contributed by atoms with Crippen LogP contribution in [0.2, 0.25) is 0 Å². The molecule has 0 fully saturated rings. The molecule has 0 heterocycles. The number of carboxylic acids is 1. The first kappa shape index (κ1) is 13.6. The highest BCUT2D eigenvalue weighted by atomic mass is 79.9. The van der Waals surface area contributed by atoms with Gasteiger partial charge in [0.15, 0.2) is 5.78 Å². The minimum Gasteiger partial charge on any atom is -0.481 e. The van der Waals surface area contributed by atoms with Crippen molar-refractivity contribution in [3.63, 3.8) is 0 Å². The smallest absolute Gasteiger partial charge is 0.303 e. The summed E-state index contributed by atoms with van der Waals surface area (Å²) in [6.07, 6.45) is 3.83. The molecule has 0 unspecified atom stereocenters. The summed E-state index contributed by atoms with van der Waals surface area (Å²) in [5.41, 5.74) is 1.57. The predicted octanol–water partition coefficient (Wildman–Crippen LogP) is 3.14. The quantitative estimate of drug-likeness (QED) is 0.648. The molecule has 0 aromatic heterocycles. The van der Waals surface area contributed by atoms with Gasteiger partial charge in [0.25, 0.3) is 0 Å². The molecule has 0 spiro atoms. The van der Waals surface area contributed by atoms with Gasteiger partial charge in [0, 0.05) is 17.3 Å². The first-order chi connectivity index (χ1) is 8.13. The number of ketones is 1. The number of benzene rings is 1. The highest BCUT2D eigenvalue weighted by molar-refractivity contribution is 9.09. The number of hydrogen-bond donors (Lipinski definition) is 1. The molecule has 0 radical (unpaired) electrons. The number of carbonyl (C=O) groups is 2. The van der Waals surface area contributed by atoms with E-state index in [4.69, 9.17) is 5.11 Å². The van der Waals surface area contributed by atoms with Gasteiger partial charge < -0.3 is 5.11 Å². The Balaban J connectivity index is 2.63. The minimum absolute atomic E-state index is 0.0475. The van der Waals surface area contributed by atoms with E-state index in [0.29, 0.717) is 5.56 Å². The lowest BCUT2D eigenvalue weighted by atomic mass is 10.0. The van der Waals surface area contributed by atoms with Crippen LogP contribution in [0.1, 0.15) is 28.8 Å². The molecule has 1 N–H and O–H groups in total. The molecular weight excluding hydrogens is 284 g/mol. The van der Waals surface area contributed by atoms with E-state index in [1.807, 2.05) is 24.3 Å². The standard InChI is InChI=1S/C13H13BrO3/c14-9-1-2-10-3-5-11(6-4-10)12(15)7-8-13(16)17/h1-6H,7-9H2,(H,16,17). The average Bonchev–Trinajstić information content (AvgIpc) is 2.34. The van der Waals surface area contributed by atoms with Crippen molar-refractivity contribution >= 4 is 33.8 Å². The average molecular weight is 297 g/mol. The zero-order chi connectivity index (χ0) is 12.7. The number of halogens is 1. The van der Waals surface area contributed by atoms with Gasteiger partial charge in [0.05, 0.1) is 6.42 Å². The van der Waals surface area contributed by atoms with Crippen molar-refractivity contribution < 1.29 is 14.7 Å². The number of carbonyl (C=O) groups excluding carboxylic acids is 1. The number of allylic oxidation sites excluding steroid dienone is 1. The van der Waals surface area contributed by atoms with Gasteiger partial charge in [-0.2, -0.15) is 0 Å². The van der Waals surface area contributed by atoms with Gasteiger partial charge in [-0.25, -0.2) is 0 Å². The summed E-state index contributed by atoms with van der Waals surface area (Å²) in [6.45, 7) is 0. The summed E-state index contributed by atoms with van der Waals surface area (Å²) in [6, 6.07) is 7.12. The molecule has 0 aliphatic carbocycles. The number of hydrogen-bond acceptors (Lipinski definition) is 2. The van der Waals surface area contributed by atoms with Crippen LogP contribution in [0.15, 0.2) is 30.3 Å². The van der Waals surface area contributed by atoms with Gasteiger partial charge in [-0.3, -0.25) is 9.59 Å². The van der Waals surface area contributed by atoms with Crippen LogP contribution in [-0.4, -0.2) is 22.2 Å². The van der Waals surface area contributed by atoms with Crippen LogP contribution in [0.3, 0.4) is 0 Å². The first-order valence-electron chi connectivity index (χ1n) is 5.21. The lowest BCUT2D eigenvalue weighted by Crippen LogP contribution is -2.03. The molecule has 0 saturated heterocycles. The van der Waals surface area contributed by atoms with Gasteiger partial charge in [0.1, 0.15) is 0 Å². The van der Waals surface area contributed by atoms with E-state index in [1.165, 1.54) is 0 Å². The summed E-state index contributed by atoms with van der Waals surface area (Å²) in [5, 5.41) is 9.27. The lowest BCUT2D eigenvalue weighted by molar-refractivity contribution is -0.136. The van der Waals surface area contributed by atoms with E-state index in [-0.39, 0.29) is 18.6 Å². The molecule has 4 heteroatoms. The fraction of sp³-hybridized carbons (Fsp3) is 0.231. The van der Waals surface area contributed by atoms with E-state index >= 15 is 0 Å². The van der Waals surface area contributed by atoms with Crippen molar-refractivity contribution in [1.29, 1.82) is 0 Å². The molecule has 1 aromatic carbocycles. The van der Waals surface area contributed by atoms with Gasteiger partial charge in [-0.1, -0.05) is 52.3 Å². The van der Waals surface area contributed by atoms with Crippen LogP contribution in [0.5, 0.6) is 0 Å². The topological polar surface area (TPSA) is 54.4 Å². The second-order valence-corrected chi connectivity index (χ2v) is 4.14. The first-order valence-corrected chi connectivity index (χ1v) is 6.33. The van der Waals surface area contributed by atoms with Crippen molar-refractivity contribution in [2.24, 2.45) is 0 Å². The largest absolute Gasteiger partial charge is 0.481 e. The molecule has 3 nitrogen and oxygen atoms in total. The molecule has 0 aliphatic rings. The number of carboxylic acid groups (broad SMARTS) is 1. The second-order valence-electron chi connectivity index (χ2n) is 3.50. The van der Waals surface area contributed by atoms with Crippen LogP contribution in [0, 0.1) is 0 Å². The molecule has 0 amide bonds. The highest BCUT2D eigenvalue weighted by Crippen LogP contribution is 2.09. The Bertz CT molecular complexity index is 421. The van der Waals surface area contributed by atoms with E-state index in [0.717, 1.165) is 10.9 Å². The van der Waals surface area contributed by atoms with Gasteiger partial charge in [0.2, 0.25) is 0 Å².